The lowest BCUT2D eigenvalue weighted by atomic mass is 10.2. The lowest BCUT2D eigenvalue weighted by Crippen LogP contribution is -2.50. The van der Waals surface area contributed by atoms with E-state index >= 15 is 0 Å². The molecule has 3 N–H and O–H groups in total. The van der Waals surface area contributed by atoms with Gasteiger partial charge in [0.25, 0.3) is 0 Å². The number of hydrogen-bond acceptors (Lipinski definition) is 4. The van der Waals surface area contributed by atoms with Crippen LogP contribution in [0.15, 0.2) is 0 Å². The number of carbonyl (C=O) groups excluding carboxylic acids is 2. The molecule has 0 aliphatic heterocycles. The van der Waals surface area contributed by atoms with Crippen LogP contribution in [0.5, 0.6) is 0 Å². The van der Waals surface area contributed by atoms with Crippen molar-refractivity contribution in [3.05, 3.63) is 0 Å². The van der Waals surface area contributed by atoms with Gasteiger partial charge in [0.2, 0.25) is 5.91 Å². The molecule has 9 heteroatoms. The molecule has 0 saturated heterocycles. The van der Waals surface area contributed by atoms with Gasteiger partial charge in [0, 0.05) is 20.1 Å². The highest BCUT2D eigenvalue weighted by Gasteiger charge is 2.25. The van der Waals surface area contributed by atoms with Crippen molar-refractivity contribution in [2.75, 3.05) is 26.7 Å². The molecule has 0 aromatic heterocycles. The highest BCUT2D eigenvalue weighted by atomic mass is 16.4. The normalized spacial score (nSPS) is 11.4. The van der Waals surface area contributed by atoms with Crippen molar-refractivity contribution >= 4 is 23.9 Å². The van der Waals surface area contributed by atoms with Crippen LogP contribution in [0.3, 0.4) is 0 Å². The summed E-state index contributed by atoms with van der Waals surface area (Å²) in [7, 11) is 1.33. The fourth-order valence-corrected chi connectivity index (χ4v) is 1.58. The molecule has 0 saturated carbocycles. The average molecular weight is 303 g/mol. The Morgan fingerprint density at radius 1 is 1.10 bits per heavy atom. The molecule has 0 aliphatic rings. The Hall–Kier alpha value is -2.32. The van der Waals surface area contributed by atoms with Crippen LogP contribution in [0, 0.1) is 0 Å². The molecule has 120 valence electrons. The molecule has 21 heavy (non-hydrogen) atoms. The first-order chi connectivity index (χ1) is 9.72. The first-order valence-electron chi connectivity index (χ1n) is 6.46. The molecule has 3 amide bonds. The van der Waals surface area contributed by atoms with Gasteiger partial charge in [-0.05, 0) is 13.8 Å². The fraction of sp³-hybridized carbons (Fsp3) is 0.667. The Kier molecular flexibility index (Phi) is 7.80. The number of likely N-dealkylation sites (N-methyl/N-ethyl adjacent to an activating group) is 2. The third-order valence-corrected chi connectivity index (χ3v) is 2.81. The molecule has 0 radical (unpaired) electrons. The Labute approximate surface area is 122 Å². The minimum absolute atomic E-state index is 0.215. The van der Waals surface area contributed by atoms with Gasteiger partial charge in [0.15, 0.2) is 0 Å². The molecule has 0 heterocycles. The zero-order valence-corrected chi connectivity index (χ0v) is 12.3. The summed E-state index contributed by atoms with van der Waals surface area (Å²) in [6.07, 6.45) is -0.737. The summed E-state index contributed by atoms with van der Waals surface area (Å²) in [6.45, 7) is 4.39. The Bertz CT molecular complexity index is 408. The monoisotopic (exact) mass is 303 g/mol. The van der Waals surface area contributed by atoms with Crippen LogP contribution < -0.4 is 5.32 Å². The molecule has 9 nitrogen and oxygen atoms in total. The predicted octanol–water partition coefficient (Wildman–Crippen LogP) is -0.576. The van der Waals surface area contributed by atoms with Crippen molar-refractivity contribution in [2.24, 2.45) is 0 Å². The van der Waals surface area contributed by atoms with E-state index < -0.39 is 30.4 Å². The first-order valence-corrected chi connectivity index (χ1v) is 6.46. The first kappa shape index (κ1) is 18.7. The van der Waals surface area contributed by atoms with Crippen molar-refractivity contribution in [2.45, 2.75) is 26.3 Å². The second kappa shape index (κ2) is 8.77. The molecular weight excluding hydrogens is 282 g/mol. The van der Waals surface area contributed by atoms with Crippen molar-refractivity contribution < 1.29 is 29.4 Å². The van der Waals surface area contributed by atoms with Gasteiger partial charge in [0.05, 0.1) is 6.42 Å². The number of nitrogens with one attached hydrogen (secondary N) is 1. The number of carboxylic acid groups (broad SMARTS) is 2. The summed E-state index contributed by atoms with van der Waals surface area (Å²) >= 11 is 0. The van der Waals surface area contributed by atoms with E-state index in [-0.39, 0.29) is 12.5 Å². The van der Waals surface area contributed by atoms with Gasteiger partial charge in [-0.1, -0.05) is 0 Å². The summed E-state index contributed by atoms with van der Waals surface area (Å²) in [5.41, 5.74) is 0. The Morgan fingerprint density at radius 3 is 2.00 bits per heavy atom. The number of amides is 3. The van der Waals surface area contributed by atoms with E-state index in [9.17, 15) is 19.2 Å². The molecule has 1 unspecified atom stereocenters. The second-order valence-electron chi connectivity index (χ2n) is 4.36. The van der Waals surface area contributed by atoms with Crippen molar-refractivity contribution in [3.63, 3.8) is 0 Å². The third-order valence-electron chi connectivity index (χ3n) is 2.81. The summed E-state index contributed by atoms with van der Waals surface area (Å²) in [6, 6.07) is -2.36. The SMILES string of the molecule is CCN(CC)C(=O)CN(C)C(=O)NC(CC(=O)O)C(=O)O. The van der Waals surface area contributed by atoms with E-state index in [0.717, 1.165) is 4.90 Å². The highest BCUT2D eigenvalue weighted by molar-refractivity contribution is 5.88. The molecular formula is C12H21N3O6. The van der Waals surface area contributed by atoms with Gasteiger partial charge >= 0.3 is 18.0 Å². The fourth-order valence-electron chi connectivity index (χ4n) is 1.58. The lowest BCUT2D eigenvalue weighted by Gasteiger charge is -2.24. The van der Waals surface area contributed by atoms with E-state index in [1.807, 2.05) is 0 Å². The molecule has 0 aliphatic carbocycles. The number of hydrogen-bond donors (Lipinski definition) is 3. The van der Waals surface area contributed by atoms with Gasteiger partial charge in [-0.15, -0.1) is 0 Å². The summed E-state index contributed by atoms with van der Waals surface area (Å²) in [4.78, 5) is 47.5. The number of nitrogens with zero attached hydrogens (tertiary/aromatic N) is 2. The molecule has 0 aromatic rings. The van der Waals surface area contributed by atoms with Crippen LogP contribution in [-0.2, 0) is 14.4 Å². The van der Waals surface area contributed by atoms with E-state index in [1.54, 1.807) is 13.8 Å². The van der Waals surface area contributed by atoms with Crippen LogP contribution in [0.1, 0.15) is 20.3 Å². The van der Waals surface area contributed by atoms with Crippen molar-refractivity contribution in [3.8, 4) is 0 Å². The van der Waals surface area contributed by atoms with Crippen LogP contribution in [0.2, 0.25) is 0 Å². The topological polar surface area (TPSA) is 127 Å². The van der Waals surface area contributed by atoms with Crippen molar-refractivity contribution in [1.82, 2.24) is 15.1 Å². The second-order valence-corrected chi connectivity index (χ2v) is 4.36. The maximum atomic E-state index is 11.8. The van der Waals surface area contributed by atoms with Crippen LogP contribution in [-0.4, -0.2) is 76.6 Å². The van der Waals surface area contributed by atoms with E-state index in [4.69, 9.17) is 10.2 Å². The smallest absolute Gasteiger partial charge is 0.326 e. The van der Waals surface area contributed by atoms with E-state index in [0.29, 0.717) is 13.1 Å². The van der Waals surface area contributed by atoms with Gasteiger partial charge in [-0.2, -0.15) is 0 Å². The van der Waals surface area contributed by atoms with E-state index in [2.05, 4.69) is 5.32 Å². The molecule has 0 fully saturated rings. The summed E-state index contributed by atoms with van der Waals surface area (Å²) in [5, 5.41) is 19.5. The quantitative estimate of drug-likeness (QED) is 0.550. The van der Waals surface area contributed by atoms with Gasteiger partial charge in [0.1, 0.15) is 12.6 Å². The molecule has 0 spiro atoms. The number of carbonyl (C=O) groups is 4. The van der Waals surface area contributed by atoms with Crippen molar-refractivity contribution in [1.29, 1.82) is 0 Å². The maximum absolute atomic E-state index is 11.8. The zero-order chi connectivity index (χ0) is 16.6. The van der Waals surface area contributed by atoms with Crippen LogP contribution >= 0.6 is 0 Å². The molecule has 0 aromatic carbocycles. The van der Waals surface area contributed by atoms with Crippen LogP contribution in [0.25, 0.3) is 0 Å². The minimum Gasteiger partial charge on any atom is -0.481 e. The minimum atomic E-state index is -1.54. The number of carboxylic acids is 2. The number of aliphatic carboxylic acids is 2. The average Bonchev–Trinajstić information content (AvgIpc) is 2.38. The zero-order valence-electron chi connectivity index (χ0n) is 12.3. The predicted molar refractivity (Wildman–Crippen MR) is 72.8 cm³/mol. The number of urea groups is 1. The Balaban J connectivity index is 4.59. The van der Waals surface area contributed by atoms with Gasteiger partial charge < -0.3 is 25.3 Å². The number of rotatable bonds is 8. The lowest BCUT2D eigenvalue weighted by molar-refractivity contribution is -0.145. The molecule has 1 atom stereocenters. The third kappa shape index (κ3) is 6.59. The molecule has 0 bridgehead atoms. The molecule has 0 rings (SSSR count). The highest BCUT2D eigenvalue weighted by Crippen LogP contribution is 1.97. The van der Waals surface area contributed by atoms with Gasteiger partial charge in [-0.3, -0.25) is 9.59 Å². The summed E-state index contributed by atoms with van der Waals surface area (Å²) < 4.78 is 0. The standard InChI is InChI=1S/C12H21N3O6/c1-4-15(5-2)9(16)7-14(3)12(21)13-8(11(19)20)6-10(17)18/h8H,4-7H2,1-3H3,(H,13,21)(H,17,18)(H,19,20). The van der Waals surface area contributed by atoms with Gasteiger partial charge in [-0.25, -0.2) is 9.59 Å². The maximum Gasteiger partial charge on any atom is 0.326 e. The Morgan fingerprint density at radius 2 is 1.62 bits per heavy atom. The van der Waals surface area contributed by atoms with Crippen LogP contribution in [0.4, 0.5) is 4.79 Å². The largest absolute Gasteiger partial charge is 0.481 e. The van der Waals surface area contributed by atoms with E-state index in [1.165, 1.54) is 11.9 Å². The summed E-state index contributed by atoms with van der Waals surface area (Å²) in [5.74, 6) is -3.07.